The lowest BCUT2D eigenvalue weighted by atomic mass is 9.91. The van der Waals surface area contributed by atoms with E-state index < -0.39 is 16.9 Å². The summed E-state index contributed by atoms with van der Waals surface area (Å²) in [5, 5.41) is 16.6. The topological polar surface area (TPSA) is 103 Å². The molecule has 4 aromatic rings. The van der Waals surface area contributed by atoms with Gasteiger partial charge in [0.15, 0.2) is 0 Å². The van der Waals surface area contributed by atoms with Crippen molar-refractivity contribution in [3.63, 3.8) is 0 Å². The van der Waals surface area contributed by atoms with E-state index in [1.165, 1.54) is 29.4 Å². The van der Waals surface area contributed by atoms with Crippen LogP contribution in [-0.4, -0.2) is 32.7 Å². The fraction of sp³-hybridized carbons (Fsp3) is 0.160. The number of para-hydroxylation sites is 1. The Morgan fingerprint density at radius 3 is 2.37 bits per heavy atom. The summed E-state index contributed by atoms with van der Waals surface area (Å²) in [6.45, 7) is 0. The maximum atomic E-state index is 13.9. The minimum Gasteiger partial charge on any atom is -0.497 e. The second-order valence-electron chi connectivity index (χ2n) is 8.05. The van der Waals surface area contributed by atoms with Gasteiger partial charge in [-0.25, -0.2) is 4.68 Å². The Morgan fingerprint density at radius 2 is 1.69 bits per heavy atom. The minimum atomic E-state index is -0.556. The van der Waals surface area contributed by atoms with E-state index in [0.717, 1.165) is 16.9 Å². The van der Waals surface area contributed by atoms with Crippen LogP contribution in [0.3, 0.4) is 0 Å². The zero-order valence-corrected chi connectivity index (χ0v) is 19.4. The first-order valence-corrected chi connectivity index (χ1v) is 11.2. The third-order valence-electron chi connectivity index (χ3n) is 6.13. The normalized spacial score (nSPS) is 17.0. The molecule has 1 aliphatic rings. The number of halogens is 1. The van der Waals surface area contributed by atoms with Gasteiger partial charge >= 0.3 is 0 Å². The second kappa shape index (κ2) is 9.19. The van der Waals surface area contributed by atoms with E-state index in [9.17, 15) is 14.9 Å². The first kappa shape index (κ1) is 22.5. The van der Waals surface area contributed by atoms with Gasteiger partial charge in [0.25, 0.3) is 11.6 Å². The highest BCUT2D eigenvalue weighted by Crippen LogP contribution is 2.43. The third kappa shape index (κ3) is 4.10. The standard InChI is InChI=1S/C25H20ClN5O4/c1-35-19-12-8-17(9-13-19)23-14-22(16-6-10-18(26)11-7-16)29(25-27-15-28-30(23)25)24(32)20-4-2-3-5-21(20)31(33)34/h2-13,15,22-23H,14H2,1H3/t22-,23-/m0/s1. The van der Waals surface area contributed by atoms with Gasteiger partial charge in [0, 0.05) is 11.1 Å². The van der Waals surface area contributed by atoms with Gasteiger partial charge in [0.2, 0.25) is 5.95 Å². The number of ether oxygens (including phenoxy) is 1. The lowest BCUT2D eigenvalue weighted by Gasteiger charge is -2.39. The third-order valence-corrected chi connectivity index (χ3v) is 6.38. The van der Waals surface area contributed by atoms with Crippen molar-refractivity contribution in [1.29, 1.82) is 0 Å². The van der Waals surface area contributed by atoms with Crippen molar-refractivity contribution in [3.8, 4) is 5.75 Å². The molecule has 0 saturated carbocycles. The summed E-state index contributed by atoms with van der Waals surface area (Å²) in [6, 6.07) is 20.1. The lowest BCUT2D eigenvalue weighted by Crippen LogP contribution is -2.42. The largest absolute Gasteiger partial charge is 0.497 e. The molecule has 10 heteroatoms. The van der Waals surface area contributed by atoms with Gasteiger partial charge in [-0.3, -0.25) is 19.8 Å². The number of nitro groups is 1. The van der Waals surface area contributed by atoms with E-state index in [4.69, 9.17) is 16.3 Å². The molecule has 1 aliphatic heterocycles. The van der Waals surface area contributed by atoms with Crippen molar-refractivity contribution in [2.75, 3.05) is 12.0 Å². The second-order valence-corrected chi connectivity index (χ2v) is 8.48. The van der Waals surface area contributed by atoms with E-state index in [2.05, 4.69) is 10.1 Å². The number of aromatic nitrogens is 3. The van der Waals surface area contributed by atoms with Crippen molar-refractivity contribution >= 4 is 29.1 Å². The Kier molecular flexibility index (Phi) is 5.92. The average molecular weight is 490 g/mol. The number of amides is 1. The van der Waals surface area contributed by atoms with Gasteiger partial charge in [0.1, 0.15) is 17.6 Å². The van der Waals surface area contributed by atoms with Crippen LogP contribution >= 0.6 is 11.6 Å². The van der Waals surface area contributed by atoms with Crippen LogP contribution in [-0.2, 0) is 0 Å². The Bertz CT molecular complexity index is 1390. The Balaban J connectivity index is 1.65. The fourth-order valence-corrected chi connectivity index (χ4v) is 4.57. The highest BCUT2D eigenvalue weighted by atomic mass is 35.5. The quantitative estimate of drug-likeness (QED) is 0.281. The molecule has 0 bridgehead atoms. The van der Waals surface area contributed by atoms with Gasteiger partial charge in [-0.2, -0.15) is 10.1 Å². The Morgan fingerprint density at radius 1 is 1.03 bits per heavy atom. The number of anilines is 1. The van der Waals surface area contributed by atoms with Crippen LogP contribution in [0.25, 0.3) is 0 Å². The van der Waals surface area contributed by atoms with Gasteiger partial charge in [0.05, 0.1) is 24.1 Å². The molecule has 0 N–H and O–H groups in total. The molecule has 0 spiro atoms. The first-order valence-electron chi connectivity index (χ1n) is 10.8. The number of carbonyl (C=O) groups excluding carboxylic acids is 1. The Labute approximate surface area is 205 Å². The maximum Gasteiger partial charge on any atom is 0.282 e. The molecule has 9 nitrogen and oxygen atoms in total. The highest BCUT2D eigenvalue weighted by molar-refractivity contribution is 6.30. The van der Waals surface area contributed by atoms with E-state index >= 15 is 0 Å². The molecule has 3 aromatic carbocycles. The van der Waals surface area contributed by atoms with Gasteiger partial charge in [-0.1, -0.05) is 48.0 Å². The summed E-state index contributed by atoms with van der Waals surface area (Å²) in [4.78, 5) is 30.8. The lowest BCUT2D eigenvalue weighted by molar-refractivity contribution is -0.385. The maximum absolute atomic E-state index is 13.9. The number of carbonyl (C=O) groups is 1. The summed E-state index contributed by atoms with van der Waals surface area (Å²) < 4.78 is 6.97. The highest BCUT2D eigenvalue weighted by Gasteiger charge is 2.41. The van der Waals surface area contributed by atoms with Crippen LogP contribution in [0.1, 0.15) is 40.0 Å². The van der Waals surface area contributed by atoms with Crippen molar-refractivity contribution in [2.24, 2.45) is 0 Å². The predicted octanol–water partition coefficient (Wildman–Crippen LogP) is 5.23. The number of fused-ring (bicyclic) bond motifs is 1. The van der Waals surface area contributed by atoms with Gasteiger partial charge in [-0.15, -0.1) is 0 Å². The van der Waals surface area contributed by atoms with Crippen molar-refractivity contribution < 1.29 is 14.5 Å². The first-order chi connectivity index (χ1) is 17.0. The predicted molar refractivity (Wildman–Crippen MR) is 130 cm³/mol. The minimum absolute atomic E-state index is 0.0195. The summed E-state index contributed by atoms with van der Waals surface area (Å²) >= 11 is 6.12. The molecule has 2 atom stereocenters. The molecule has 0 unspecified atom stereocenters. The zero-order valence-electron chi connectivity index (χ0n) is 18.6. The van der Waals surface area contributed by atoms with Gasteiger partial charge in [-0.05, 0) is 47.9 Å². The van der Waals surface area contributed by atoms with Crippen LogP contribution in [0.2, 0.25) is 5.02 Å². The number of rotatable bonds is 5. The van der Waals surface area contributed by atoms with Crippen molar-refractivity contribution in [3.05, 3.63) is 111 Å². The molecule has 35 heavy (non-hydrogen) atoms. The Hall–Kier alpha value is -4.24. The molecule has 0 radical (unpaired) electrons. The molecule has 0 aliphatic carbocycles. The van der Waals surface area contributed by atoms with Crippen molar-refractivity contribution in [2.45, 2.75) is 18.5 Å². The molecule has 5 rings (SSSR count). The molecule has 176 valence electrons. The van der Waals surface area contributed by atoms with Crippen LogP contribution < -0.4 is 9.64 Å². The van der Waals surface area contributed by atoms with E-state index in [-0.39, 0.29) is 17.3 Å². The number of hydrogen-bond donors (Lipinski definition) is 0. The SMILES string of the molecule is COc1ccc([C@@H]2C[C@@H](c3ccc(Cl)cc3)N(C(=O)c3ccccc3[N+](=O)[O-])c3ncnn32)cc1. The smallest absolute Gasteiger partial charge is 0.282 e. The number of nitro benzene ring substituents is 1. The van der Waals surface area contributed by atoms with Crippen LogP contribution in [0.4, 0.5) is 11.6 Å². The van der Waals surface area contributed by atoms with Crippen LogP contribution in [0.5, 0.6) is 5.75 Å². The zero-order chi connectivity index (χ0) is 24.5. The van der Waals surface area contributed by atoms with Crippen LogP contribution in [0.15, 0.2) is 79.1 Å². The van der Waals surface area contributed by atoms with E-state index in [0.29, 0.717) is 17.4 Å². The molecular formula is C25H20ClN5O4. The number of hydrogen-bond acceptors (Lipinski definition) is 6. The molecular weight excluding hydrogens is 470 g/mol. The fourth-order valence-electron chi connectivity index (χ4n) is 4.44. The van der Waals surface area contributed by atoms with E-state index in [1.54, 1.807) is 30.0 Å². The molecule has 1 aromatic heterocycles. The molecule has 2 heterocycles. The van der Waals surface area contributed by atoms with Gasteiger partial charge < -0.3 is 4.74 Å². The number of nitrogens with zero attached hydrogens (tertiary/aromatic N) is 5. The van der Waals surface area contributed by atoms with E-state index in [1.807, 2.05) is 36.4 Å². The monoisotopic (exact) mass is 489 g/mol. The van der Waals surface area contributed by atoms with Crippen LogP contribution in [0, 0.1) is 10.1 Å². The molecule has 0 saturated heterocycles. The molecule has 1 amide bonds. The summed E-state index contributed by atoms with van der Waals surface area (Å²) in [7, 11) is 1.61. The summed E-state index contributed by atoms with van der Waals surface area (Å²) in [5.74, 6) is 0.505. The number of methoxy groups -OCH3 is 1. The average Bonchev–Trinajstić information content (AvgIpc) is 3.38. The molecule has 0 fully saturated rings. The summed E-state index contributed by atoms with van der Waals surface area (Å²) in [6.07, 6.45) is 1.85. The van der Waals surface area contributed by atoms with Crippen molar-refractivity contribution in [1.82, 2.24) is 14.8 Å². The summed E-state index contributed by atoms with van der Waals surface area (Å²) in [5.41, 5.74) is 1.51. The number of benzene rings is 3.